The van der Waals surface area contributed by atoms with E-state index in [0.717, 1.165) is 22.3 Å². The van der Waals surface area contributed by atoms with Gasteiger partial charge in [-0.25, -0.2) is 0 Å². The van der Waals surface area contributed by atoms with E-state index in [9.17, 15) is 4.79 Å². The van der Waals surface area contributed by atoms with Crippen LogP contribution in [0.15, 0.2) is 54.9 Å². The molecule has 0 fully saturated rings. The Labute approximate surface area is 107 Å². The molecular weight excluding hydrogens is 222 g/mol. The molecule has 0 aliphatic heterocycles. The Hall–Kier alpha value is -2.22. The number of nitrogens with zero attached hydrogens (tertiary/aromatic N) is 1. The molecule has 0 N–H and O–H groups in total. The van der Waals surface area contributed by atoms with Crippen molar-refractivity contribution in [1.29, 1.82) is 0 Å². The fraction of sp³-hybridized carbons (Fsp3) is 0.125. The van der Waals surface area contributed by atoms with Crippen LogP contribution in [-0.2, 0) is 4.79 Å². The van der Waals surface area contributed by atoms with Gasteiger partial charge < -0.3 is 0 Å². The van der Waals surface area contributed by atoms with Gasteiger partial charge in [-0.05, 0) is 54.3 Å². The maximum Gasteiger partial charge on any atom is 0.153 e. The Bertz CT molecular complexity index is 585. The third-order valence-corrected chi connectivity index (χ3v) is 2.77. The molecule has 0 unspecified atom stereocenters. The lowest BCUT2D eigenvalue weighted by Crippen LogP contribution is -1.95. The second-order valence-corrected chi connectivity index (χ2v) is 4.22. The highest BCUT2D eigenvalue weighted by atomic mass is 16.1. The van der Waals surface area contributed by atoms with Crippen molar-refractivity contribution in [2.75, 3.05) is 0 Å². The highest BCUT2D eigenvalue weighted by molar-refractivity contribution is 5.99. The number of hydrogen-bond donors (Lipinski definition) is 0. The Morgan fingerprint density at radius 3 is 2.39 bits per heavy atom. The van der Waals surface area contributed by atoms with Crippen molar-refractivity contribution in [2.45, 2.75) is 13.8 Å². The molecular formula is C16H15NO. The van der Waals surface area contributed by atoms with E-state index in [1.807, 2.05) is 43.3 Å². The lowest BCUT2D eigenvalue weighted by atomic mass is 9.94. The maximum absolute atomic E-state index is 11.4. The summed E-state index contributed by atoms with van der Waals surface area (Å²) in [5.41, 5.74) is 4.19. The number of aryl methyl sites for hydroxylation is 1. The van der Waals surface area contributed by atoms with Gasteiger partial charge in [0.25, 0.3) is 0 Å². The molecule has 0 saturated carbocycles. The summed E-state index contributed by atoms with van der Waals surface area (Å²) in [6.45, 7) is 3.62. The SMILES string of the molecule is CC(=O)/C=C(/c1ccncc1)c1ccccc1C. The highest BCUT2D eigenvalue weighted by Gasteiger charge is 2.08. The van der Waals surface area contributed by atoms with E-state index in [2.05, 4.69) is 4.98 Å². The highest BCUT2D eigenvalue weighted by Crippen LogP contribution is 2.25. The molecule has 0 aliphatic rings. The molecule has 1 aromatic carbocycles. The molecule has 90 valence electrons. The summed E-state index contributed by atoms with van der Waals surface area (Å²) in [4.78, 5) is 15.4. The summed E-state index contributed by atoms with van der Waals surface area (Å²) in [7, 11) is 0. The monoisotopic (exact) mass is 237 g/mol. The van der Waals surface area contributed by atoms with Crippen molar-refractivity contribution in [1.82, 2.24) is 4.98 Å². The summed E-state index contributed by atoms with van der Waals surface area (Å²) < 4.78 is 0. The van der Waals surface area contributed by atoms with Crippen molar-refractivity contribution in [3.05, 3.63) is 71.6 Å². The molecule has 2 aromatic rings. The second kappa shape index (κ2) is 5.41. The van der Waals surface area contributed by atoms with Crippen LogP contribution in [0.4, 0.5) is 0 Å². The van der Waals surface area contributed by atoms with Crippen LogP contribution in [0.3, 0.4) is 0 Å². The number of hydrogen-bond acceptors (Lipinski definition) is 2. The van der Waals surface area contributed by atoms with Crippen molar-refractivity contribution < 1.29 is 4.79 Å². The van der Waals surface area contributed by atoms with Crippen molar-refractivity contribution in [3.63, 3.8) is 0 Å². The molecule has 0 aliphatic carbocycles. The minimum atomic E-state index is 0.0464. The summed E-state index contributed by atoms with van der Waals surface area (Å²) in [5, 5.41) is 0. The van der Waals surface area contributed by atoms with Crippen LogP contribution in [0, 0.1) is 6.92 Å². The first-order chi connectivity index (χ1) is 8.68. The van der Waals surface area contributed by atoms with E-state index in [-0.39, 0.29) is 5.78 Å². The van der Waals surface area contributed by atoms with Gasteiger partial charge in [-0.2, -0.15) is 0 Å². The number of pyridine rings is 1. The van der Waals surface area contributed by atoms with Crippen LogP contribution in [0.1, 0.15) is 23.6 Å². The molecule has 0 spiro atoms. The van der Waals surface area contributed by atoms with Crippen molar-refractivity contribution in [2.24, 2.45) is 0 Å². The molecule has 2 nitrogen and oxygen atoms in total. The fourth-order valence-electron chi connectivity index (χ4n) is 1.93. The van der Waals surface area contributed by atoms with Crippen LogP contribution in [0.2, 0.25) is 0 Å². The lowest BCUT2D eigenvalue weighted by Gasteiger charge is -2.10. The zero-order chi connectivity index (χ0) is 13.0. The van der Waals surface area contributed by atoms with Crippen LogP contribution < -0.4 is 0 Å². The standard InChI is InChI=1S/C16H15NO/c1-12-5-3-4-6-15(12)16(11-13(2)18)14-7-9-17-10-8-14/h3-11H,1-2H3/b16-11-. The Morgan fingerprint density at radius 2 is 1.78 bits per heavy atom. The molecule has 0 bridgehead atoms. The normalized spacial score (nSPS) is 11.3. The third kappa shape index (κ3) is 2.72. The van der Waals surface area contributed by atoms with Crippen LogP contribution in [0.25, 0.3) is 5.57 Å². The first-order valence-corrected chi connectivity index (χ1v) is 5.87. The zero-order valence-electron chi connectivity index (χ0n) is 10.6. The summed E-state index contributed by atoms with van der Waals surface area (Å²) in [5.74, 6) is 0.0464. The van der Waals surface area contributed by atoms with Gasteiger partial charge in [-0.15, -0.1) is 0 Å². The molecule has 1 aromatic heterocycles. The van der Waals surface area contributed by atoms with Gasteiger partial charge in [0.15, 0.2) is 5.78 Å². The number of carbonyl (C=O) groups is 1. The van der Waals surface area contributed by atoms with Crippen LogP contribution >= 0.6 is 0 Å². The van der Waals surface area contributed by atoms with Crippen LogP contribution in [0.5, 0.6) is 0 Å². The smallest absolute Gasteiger partial charge is 0.153 e. The van der Waals surface area contributed by atoms with Crippen LogP contribution in [-0.4, -0.2) is 10.8 Å². The molecule has 2 heteroatoms. The number of aromatic nitrogens is 1. The Balaban J connectivity index is 2.59. The summed E-state index contributed by atoms with van der Waals surface area (Å²) in [6.07, 6.45) is 5.15. The predicted octanol–water partition coefficient (Wildman–Crippen LogP) is 3.41. The van der Waals surface area contributed by atoms with Crippen molar-refractivity contribution in [3.8, 4) is 0 Å². The first kappa shape index (κ1) is 12.2. The maximum atomic E-state index is 11.4. The summed E-state index contributed by atoms with van der Waals surface area (Å²) >= 11 is 0. The number of rotatable bonds is 3. The molecule has 0 saturated heterocycles. The quantitative estimate of drug-likeness (QED) is 0.766. The van der Waals surface area contributed by atoms with Crippen molar-refractivity contribution >= 4 is 11.4 Å². The van der Waals surface area contributed by atoms with Gasteiger partial charge in [0, 0.05) is 12.4 Å². The average Bonchev–Trinajstić information content (AvgIpc) is 2.38. The average molecular weight is 237 g/mol. The molecule has 0 atom stereocenters. The van der Waals surface area contributed by atoms with Gasteiger partial charge >= 0.3 is 0 Å². The van der Waals surface area contributed by atoms with E-state index in [1.54, 1.807) is 25.4 Å². The molecule has 0 amide bonds. The Kier molecular flexibility index (Phi) is 3.68. The number of allylic oxidation sites excluding steroid dienone is 1. The fourth-order valence-corrected chi connectivity index (χ4v) is 1.93. The number of ketones is 1. The molecule has 18 heavy (non-hydrogen) atoms. The predicted molar refractivity (Wildman–Crippen MR) is 73.2 cm³/mol. The molecule has 2 rings (SSSR count). The lowest BCUT2D eigenvalue weighted by molar-refractivity contribution is -0.112. The van der Waals surface area contributed by atoms with Gasteiger partial charge in [0.2, 0.25) is 0 Å². The summed E-state index contributed by atoms with van der Waals surface area (Å²) in [6, 6.07) is 11.9. The topological polar surface area (TPSA) is 30.0 Å². The molecule has 0 radical (unpaired) electrons. The van der Waals surface area contributed by atoms with E-state index in [0.29, 0.717) is 0 Å². The third-order valence-electron chi connectivity index (χ3n) is 2.77. The largest absolute Gasteiger partial charge is 0.295 e. The van der Waals surface area contributed by atoms with E-state index in [4.69, 9.17) is 0 Å². The second-order valence-electron chi connectivity index (χ2n) is 4.22. The first-order valence-electron chi connectivity index (χ1n) is 5.87. The van der Waals surface area contributed by atoms with E-state index >= 15 is 0 Å². The van der Waals surface area contributed by atoms with Gasteiger partial charge in [0.05, 0.1) is 0 Å². The number of benzene rings is 1. The van der Waals surface area contributed by atoms with Gasteiger partial charge in [0.1, 0.15) is 0 Å². The van der Waals surface area contributed by atoms with E-state index in [1.165, 1.54) is 0 Å². The number of carbonyl (C=O) groups excluding carboxylic acids is 1. The zero-order valence-corrected chi connectivity index (χ0v) is 10.6. The van der Waals surface area contributed by atoms with Gasteiger partial charge in [-0.1, -0.05) is 24.3 Å². The minimum absolute atomic E-state index is 0.0464. The minimum Gasteiger partial charge on any atom is -0.295 e. The molecule has 1 heterocycles. The Morgan fingerprint density at radius 1 is 1.11 bits per heavy atom. The van der Waals surface area contributed by atoms with Gasteiger partial charge in [-0.3, -0.25) is 9.78 Å². The van der Waals surface area contributed by atoms with E-state index < -0.39 is 0 Å².